The Morgan fingerprint density at radius 1 is 0.833 bits per heavy atom. The topological polar surface area (TPSA) is 57.4 Å². The van der Waals surface area contributed by atoms with Crippen LogP contribution in [0.4, 0.5) is 0 Å². The Bertz CT molecular complexity index is 163. The highest BCUT2D eigenvalue weighted by molar-refractivity contribution is 4.65. The molecule has 0 radical (unpaired) electrons. The van der Waals surface area contributed by atoms with E-state index in [0.717, 1.165) is 0 Å². The molecule has 64 valence electrons. The third kappa shape index (κ3) is 6.28. The third-order valence-electron chi connectivity index (χ3n) is 0.812. The molecule has 0 saturated heterocycles. The highest BCUT2D eigenvalue weighted by Gasteiger charge is 1.56. The van der Waals surface area contributed by atoms with Crippen LogP contribution in [-0.4, -0.2) is 19.9 Å². The minimum absolute atomic E-state index is 1.62. The van der Waals surface area contributed by atoms with Gasteiger partial charge in [-0.05, 0) is 0 Å². The lowest BCUT2D eigenvalue weighted by atomic mass is 11.0. The van der Waals surface area contributed by atoms with Crippen LogP contribution in [0, 0.1) is 0 Å². The Morgan fingerprint density at radius 3 is 1.33 bits per heavy atom. The van der Waals surface area contributed by atoms with Gasteiger partial charge in [-0.3, -0.25) is 0 Å². The smallest absolute Gasteiger partial charge is 0.0919 e. The summed E-state index contributed by atoms with van der Waals surface area (Å²) < 4.78 is 0. The van der Waals surface area contributed by atoms with Gasteiger partial charge in [-0.15, -0.1) is 13.2 Å². The Morgan fingerprint density at radius 2 is 1.25 bits per heavy atom. The lowest BCUT2D eigenvalue weighted by Gasteiger charge is -1.46. The zero-order valence-corrected chi connectivity index (χ0v) is 6.77. The monoisotopic (exact) mass is 164 g/mol. The van der Waals surface area contributed by atoms with Crippen molar-refractivity contribution in [2.24, 2.45) is 0 Å². The molecule has 4 nitrogen and oxygen atoms in total. The lowest BCUT2D eigenvalue weighted by molar-refractivity contribution is 1.31. The summed E-state index contributed by atoms with van der Waals surface area (Å²) in [4.78, 5) is 12.8. The number of hydrogen-bond donors (Lipinski definition) is 2. The fourth-order valence-electron chi connectivity index (χ4n) is 0.430. The van der Waals surface area contributed by atoms with E-state index in [-0.39, 0.29) is 0 Å². The van der Waals surface area contributed by atoms with E-state index in [0.29, 0.717) is 0 Å². The summed E-state index contributed by atoms with van der Waals surface area (Å²) >= 11 is 0. The van der Waals surface area contributed by atoms with Crippen LogP contribution in [0.2, 0.25) is 0 Å². The van der Waals surface area contributed by atoms with Gasteiger partial charge in [-0.1, -0.05) is 0 Å². The minimum Gasteiger partial charge on any atom is -0.351 e. The molecule has 0 aliphatic carbocycles. The second kappa shape index (κ2) is 9.16. The fourth-order valence-corrected chi connectivity index (χ4v) is 0.430. The molecule has 2 aromatic rings. The van der Waals surface area contributed by atoms with Crippen LogP contribution in [0.25, 0.3) is 0 Å². The Hall–Kier alpha value is -1.84. The summed E-state index contributed by atoms with van der Waals surface area (Å²) in [6.07, 6.45) is 10.2. The van der Waals surface area contributed by atoms with Crippen LogP contribution in [0.1, 0.15) is 0 Å². The maximum atomic E-state index is 3.67. The first-order chi connectivity index (χ1) is 6.00. The highest BCUT2D eigenvalue weighted by atomic mass is 14.8. The molecule has 0 spiro atoms. The molecule has 0 unspecified atom stereocenters. The quantitative estimate of drug-likeness (QED) is 0.581. The maximum Gasteiger partial charge on any atom is 0.0919 e. The van der Waals surface area contributed by atoms with Gasteiger partial charge in [0.05, 0.1) is 12.7 Å². The molecular weight excluding hydrogens is 152 g/mol. The van der Waals surface area contributed by atoms with Crippen LogP contribution in [0.15, 0.2) is 50.6 Å². The first-order valence-corrected chi connectivity index (χ1v) is 3.35. The summed E-state index contributed by atoms with van der Waals surface area (Å²) in [7, 11) is 0. The van der Waals surface area contributed by atoms with Crippen LogP contribution in [0.5, 0.6) is 0 Å². The average molecular weight is 164 g/mol. The molecule has 0 fully saturated rings. The summed E-state index contributed by atoms with van der Waals surface area (Å²) in [5.41, 5.74) is 0. The van der Waals surface area contributed by atoms with Crippen LogP contribution in [-0.2, 0) is 0 Å². The number of rotatable bonds is 0. The van der Waals surface area contributed by atoms with Gasteiger partial charge in [0.1, 0.15) is 0 Å². The molecule has 0 amide bonds. The van der Waals surface area contributed by atoms with Gasteiger partial charge in [0, 0.05) is 24.8 Å². The van der Waals surface area contributed by atoms with Crippen molar-refractivity contribution in [3.63, 3.8) is 0 Å². The molecule has 0 aliphatic heterocycles. The van der Waals surface area contributed by atoms with Gasteiger partial charge in [0.2, 0.25) is 0 Å². The summed E-state index contributed by atoms with van der Waals surface area (Å²) in [5.74, 6) is 0. The van der Waals surface area contributed by atoms with E-state index in [9.17, 15) is 0 Å². The second-order valence-corrected chi connectivity index (χ2v) is 1.52. The predicted octanol–water partition coefficient (Wildman–Crippen LogP) is 1.62. The zero-order chi connectivity index (χ0) is 9.07. The van der Waals surface area contributed by atoms with Crippen molar-refractivity contribution in [1.82, 2.24) is 19.9 Å². The molecular formula is C8H12N4. The van der Waals surface area contributed by atoms with Gasteiger partial charge in [0.25, 0.3) is 0 Å². The fraction of sp³-hybridized carbons (Fsp3) is 0. The molecule has 2 aromatic heterocycles. The molecule has 12 heavy (non-hydrogen) atoms. The molecule has 0 aliphatic rings. The van der Waals surface area contributed by atoms with Crippen molar-refractivity contribution in [3.05, 3.63) is 50.6 Å². The zero-order valence-electron chi connectivity index (χ0n) is 6.77. The molecule has 2 rings (SSSR count). The minimum atomic E-state index is 1.62. The second-order valence-electron chi connectivity index (χ2n) is 1.52. The number of aromatic nitrogens is 4. The first-order valence-electron chi connectivity index (χ1n) is 3.35. The van der Waals surface area contributed by atoms with Crippen molar-refractivity contribution >= 4 is 0 Å². The summed E-state index contributed by atoms with van der Waals surface area (Å²) in [6, 6.07) is 0. The van der Waals surface area contributed by atoms with Crippen molar-refractivity contribution in [2.75, 3.05) is 0 Å². The molecule has 0 aromatic carbocycles. The van der Waals surface area contributed by atoms with E-state index in [2.05, 4.69) is 33.1 Å². The molecule has 2 heterocycles. The van der Waals surface area contributed by atoms with E-state index in [1.165, 1.54) is 0 Å². The summed E-state index contributed by atoms with van der Waals surface area (Å²) in [6.45, 7) is 6.00. The maximum absolute atomic E-state index is 3.67. The number of nitrogens with zero attached hydrogens (tertiary/aromatic N) is 2. The standard InChI is InChI=1S/2C3H4N2.C2H4/c2*1-2-5-3-4-1;1-2/h2*1-3H,(H,4,5);1-2H2. The first kappa shape index (κ1) is 10.2. The number of hydrogen-bond acceptors (Lipinski definition) is 2. The van der Waals surface area contributed by atoms with Gasteiger partial charge >= 0.3 is 0 Å². The van der Waals surface area contributed by atoms with E-state index in [4.69, 9.17) is 0 Å². The van der Waals surface area contributed by atoms with E-state index >= 15 is 0 Å². The van der Waals surface area contributed by atoms with Crippen LogP contribution < -0.4 is 0 Å². The summed E-state index contributed by atoms with van der Waals surface area (Å²) in [5, 5.41) is 0. The Balaban J connectivity index is 0.000000168. The molecule has 2 N–H and O–H groups in total. The number of imidazole rings is 2. The largest absolute Gasteiger partial charge is 0.351 e. The van der Waals surface area contributed by atoms with Crippen molar-refractivity contribution < 1.29 is 0 Å². The van der Waals surface area contributed by atoms with Crippen molar-refractivity contribution in [1.29, 1.82) is 0 Å². The lowest BCUT2D eigenvalue weighted by Crippen LogP contribution is -1.44. The van der Waals surface area contributed by atoms with Gasteiger partial charge < -0.3 is 9.97 Å². The van der Waals surface area contributed by atoms with Crippen LogP contribution in [0.3, 0.4) is 0 Å². The SMILES string of the molecule is C=C.c1c[nH]cn1.c1c[nH]cn1. The normalized spacial score (nSPS) is 7.00. The van der Waals surface area contributed by atoms with Gasteiger partial charge in [-0.2, -0.15) is 0 Å². The third-order valence-corrected chi connectivity index (χ3v) is 0.812. The Kier molecular flexibility index (Phi) is 7.76. The van der Waals surface area contributed by atoms with Crippen molar-refractivity contribution in [3.8, 4) is 0 Å². The number of aromatic amines is 2. The molecule has 4 heteroatoms. The Labute approximate surface area is 71.4 Å². The van der Waals surface area contributed by atoms with E-state index in [1.807, 2.05) is 0 Å². The highest BCUT2D eigenvalue weighted by Crippen LogP contribution is 1.63. The van der Waals surface area contributed by atoms with Gasteiger partial charge in [-0.25, -0.2) is 9.97 Å². The molecule has 0 bridgehead atoms. The molecule has 0 saturated carbocycles. The average Bonchev–Trinajstić information content (AvgIpc) is 2.87. The van der Waals surface area contributed by atoms with Gasteiger partial charge in [0.15, 0.2) is 0 Å². The predicted molar refractivity (Wildman–Crippen MR) is 48.4 cm³/mol. The number of nitrogens with one attached hydrogen (secondary N) is 2. The van der Waals surface area contributed by atoms with Crippen LogP contribution >= 0.6 is 0 Å². The number of H-pyrrole nitrogens is 2. The van der Waals surface area contributed by atoms with E-state index < -0.39 is 0 Å². The van der Waals surface area contributed by atoms with Crippen molar-refractivity contribution in [2.45, 2.75) is 0 Å². The molecule has 0 atom stereocenters. The van der Waals surface area contributed by atoms with E-state index in [1.54, 1.807) is 37.4 Å².